The Labute approximate surface area is 96.8 Å². The van der Waals surface area contributed by atoms with Gasteiger partial charge in [0.1, 0.15) is 0 Å². The zero-order valence-corrected chi connectivity index (χ0v) is 10.7. The van der Waals surface area contributed by atoms with Gasteiger partial charge in [0.2, 0.25) is 0 Å². The zero-order valence-electron chi connectivity index (χ0n) is 10.7. The lowest BCUT2D eigenvalue weighted by Gasteiger charge is -2.24. The molecule has 0 bridgehead atoms. The average Bonchev–Trinajstić information content (AvgIpc) is 2.07. The summed E-state index contributed by atoms with van der Waals surface area (Å²) >= 11 is 0. The molecule has 0 aromatic heterocycles. The highest BCUT2D eigenvalue weighted by Crippen LogP contribution is 2.26. The number of hydrogen-bond acceptors (Lipinski definition) is 1. The molecule has 0 fully saturated rings. The molecule has 98 valence electrons. The van der Waals surface area contributed by atoms with E-state index in [-0.39, 0.29) is 17.9 Å². The quantitative estimate of drug-likeness (QED) is 0.734. The summed E-state index contributed by atoms with van der Waals surface area (Å²) in [5.74, 6) is 0. The van der Waals surface area contributed by atoms with Crippen LogP contribution in [0.15, 0.2) is 0 Å². The summed E-state index contributed by atoms with van der Waals surface area (Å²) in [4.78, 5) is 0. The van der Waals surface area contributed by atoms with Gasteiger partial charge in [0.15, 0.2) is 0 Å². The van der Waals surface area contributed by atoms with Crippen LogP contribution >= 0.6 is 0 Å². The molecule has 0 rings (SSSR count). The smallest absolute Gasteiger partial charge is 0.314 e. The molecule has 0 radical (unpaired) electrons. The van der Waals surface area contributed by atoms with Gasteiger partial charge in [-0.25, -0.2) is 0 Å². The van der Waals surface area contributed by atoms with Gasteiger partial charge in [0.05, 0.1) is 0 Å². The first-order valence-electron chi connectivity index (χ1n) is 5.94. The average molecular weight is 239 g/mol. The first-order chi connectivity index (χ1) is 7.14. The predicted molar refractivity (Wildman–Crippen MR) is 61.4 cm³/mol. The number of alkyl halides is 3. The molecule has 4 heteroatoms. The van der Waals surface area contributed by atoms with Crippen molar-refractivity contribution >= 4 is 0 Å². The van der Waals surface area contributed by atoms with Gasteiger partial charge >= 0.3 is 6.18 Å². The first kappa shape index (κ1) is 15.8. The molecule has 1 unspecified atom stereocenters. The van der Waals surface area contributed by atoms with Crippen LogP contribution in [0.2, 0.25) is 0 Å². The maximum absolute atomic E-state index is 12.1. The van der Waals surface area contributed by atoms with E-state index in [1.54, 1.807) is 0 Å². The van der Waals surface area contributed by atoms with E-state index in [1.165, 1.54) is 0 Å². The molecule has 1 nitrogen and oxygen atoms in total. The minimum Gasteiger partial charge on any atom is -0.314 e. The fourth-order valence-corrected chi connectivity index (χ4v) is 1.58. The lowest BCUT2D eigenvalue weighted by Crippen LogP contribution is -2.31. The van der Waals surface area contributed by atoms with Gasteiger partial charge in [-0.1, -0.05) is 27.7 Å². The third kappa shape index (κ3) is 10.3. The van der Waals surface area contributed by atoms with Gasteiger partial charge in [-0.3, -0.25) is 0 Å². The van der Waals surface area contributed by atoms with E-state index >= 15 is 0 Å². The highest BCUT2D eigenvalue weighted by Gasteiger charge is 2.28. The van der Waals surface area contributed by atoms with Gasteiger partial charge in [-0.2, -0.15) is 13.2 Å². The summed E-state index contributed by atoms with van der Waals surface area (Å²) < 4.78 is 36.3. The number of hydrogen-bond donors (Lipinski definition) is 1. The van der Waals surface area contributed by atoms with Crippen LogP contribution in [0.1, 0.15) is 53.4 Å². The minimum absolute atomic E-state index is 0.00847. The van der Waals surface area contributed by atoms with Crippen LogP contribution in [-0.2, 0) is 0 Å². The number of rotatable bonds is 6. The Morgan fingerprint density at radius 3 is 1.88 bits per heavy atom. The van der Waals surface area contributed by atoms with E-state index in [4.69, 9.17) is 0 Å². The molecule has 0 spiro atoms. The van der Waals surface area contributed by atoms with Crippen molar-refractivity contribution in [1.29, 1.82) is 0 Å². The van der Waals surface area contributed by atoms with Gasteiger partial charge in [0.25, 0.3) is 0 Å². The van der Waals surface area contributed by atoms with E-state index in [0.717, 1.165) is 19.4 Å². The molecule has 0 aromatic carbocycles. The lowest BCUT2D eigenvalue weighted by molar-refractivity contribution is -0.136. The molecule has 0 aromatic rings. The van der Waals surface area contributed by atoms with Crippen molar-refractivity contribution in [3.63, 3.8) is 0 Å². The van der Waals surface area contributed by atoms with Gasteiger partial charge in [-0.05, 0) is 31.2 Å². The van der Waals surface area contributed by atoms with Crippen LogP contribution in [-0.4, -0.2) is 18.8 Å². The second-order valence-electron chi connectivity index (χ2n) is 5.51. The fraction of sp³-hybridized carbons (Fsp3) is 1.00. The molecule has 0 saturated heterocycles. The van der Waals surface area contributed by atoms with Crippen LogP contribution in [0, 0.1) is 5.41 Å². The Morgan fingerprint density at radius 1 is 1.00 bits per heavy atom. The van der Waals surface area contributed by atoms with E-state index in [2.05, 4.69) is 26.1 Å². The van der Waals surface area contributed by atoms with E-state index in [1.807, 2.05) is 6.92 Å². The summed E-state index contributed by atoms with van der Waals surface area (Å²) in [7, 11) is 0. The largest absolute Gasteiger partial charge is 0.389 e. The van der Waals surface area contributed by atoms with Crippen LogP contribution in [0.5, 0.6) is 0 Å². The summed E-state index contributed by atoms with van der Waals surface area (Å²) in [5, 5.41) is 3.13. The summed E-state index contributed by atoms with van der Waals surface area (Å²) in [6, 6.07) is -0.00847. The highest BCUT2D eigenvalue weighted by molar-refractivity contribution is 4.72. The molecular weight excluding hydrogens is 215 g/mol. The third-order valence-electron chi connectivity index (χ3n) is 2.51. The van der Waals surface area contributed by atoms with Crippen molar-refractivity contribution in [3.8, 4) is 0 Å². The Bertz CT molecular complexity index is 164. The fourth-order valence-electron chi connectivity index (χ4n) is 1.58. The molecule has 0 amide bonds. The van der Waals surface area contributed by atoms with Gasteiger partial charge in [-0.15, -0.1) is 0 Å². The molecule has 16 heavy (non-hydrogen) atoms. The second kappa shape index (κ2) is 6.48. The maximum Gasteiger partial charge on any atom is 0.389 e. The molecule has 0 saturated carbocycles. The lowest BCUT2D eigenvalue weighted by atomic mass is 9.88. The van der Waals surface area contributed by atoms with E-state index < -0.39 is 12.6 Å². The molecule has 0 aliphatic heterocycles. The molecule has 1 atom stereocenters. The Balaban J connectivity index is 3.98. The normalized spacial score (nSPS) is 15.2. The predicted octanol–water partition coefficient (Wildman–Crippen LogP) is 4.13. The summed E-state index contributed by atoms with van der Waals surface area (Å²) in [6.45, 7) is 8.99. The second-order valence-corrected chi connectivity index (χ2v) is 5.51. The number of halogens is 3. The molecule has 0 aliphatic carbocycles. The maximum atomic E-state index is 12.1. The highest BCUT2D eigenvalue weighted by atomic mass is 19.4. The van der Waals surface area contributed by atoms with Crippen LogP contribution in [0.4, 0.5) is 13.2 Å². The molecule has 0 aliphatic rings. The van der Waals surface area contributed by atoms with E-state index in [0.29, 0.717) is 0 Å². The standard InChI is InChI=1S/C12H24F3N/c1-5-16-10(6-8-11(2,3)4)7-9-12(13,14)15/h10,16H,5-9H2,1-4H3. The molecule has 0 heterocycles. The van der Waals surface area contributed by atoms with Crippen molar-refractivity contribution < 1.29 is 13.2 Å². The van der Waals surface area contributed by atoms with Crippen molar-refractivity contribution in [1.82, 2.24) is 5.32 Å². The van der Waals surface area contributed by atoms with Crippen LogP contribution < -0.4 is 5.32 Å². The Morgan fingerprint density at radius 2 is 1.50 bits per heavy atom. The Hall–Kier alpha value is -0.250. The SMILES string of the molecule is CCNC(CCC(C)(C)C)CCC(F)(F)F. The van der Waals surface area contributed by atoms with Crippen molar-refractivity contribution in [2.75, 3.05) is 6.54 Å². The third-order valence-corrected chi connectivity index (χ3v) is 2.51. The van der Waals surface area contributed by atoms with E-state index in [9.17, 15) is 13.2 Å². The topological polar surface area (TPSA) is 12.0 Å². The monoisotopic (exact) mass is 239 g/mol. The zero-order chi connectivity index (χ0) is 12.8. The van der Waals surface area contributed by atoms with Crippen LogP contribution in [0.25, 0.3) is 0 Å². The molecular formula is C12H24F3N. The number of nitrogens with one attached hydrogen (secondary N) is 1. The van der Waals surface area contributed by atoms with Gasteiger partial charge in [0, 0.05) is 12.5 Å². The summed E-state index contributed by atoms with van der Waals surface area (Å²) in [6.07, 6.45) is -2.77. The molecule has 1 N–H and O–H groups in total. The van der Waals surface area contributed by atoms with Crippen molar-refractivity contribution in [2.45, 2.75) is 65.6 Å². The van der Waals surface area contributed by atoms with Gasteiger partial charge < -0.3 is 5.32 Å². The first-order valence-corrected chi connectivity index (χ1v) is 5.94. The van der Waals surface area contributed by atoms with Crippen molar-refractivity contribution in [2.24, 2.45) is 5.41 Å². The Kier molecular flexibility index (Phi) is 6.38. The van der Waals surface area contributed by atoms with Crippen molar-refractivity contribution in [3.05, 3.63) is 0 Å². The minimum atomic E-state index is -4.03. The summed E-state index contributed by atoms with van der Waals surface area (Å²) in [5.41, 5.74) is 0.186. The van der Waals surface area contributed by atoms with Crippen LogP contribution in [0.3, 0.4) is 0 Å².